The zero-order valence-electron chi connectivity index (χ0n) is 16.1. The van der Waals surface area contributed by atoms with Crippen LogP contribution in [0.1, 0.15) is 17.0 Å². The molecule has 0 saturated heterocycles. The van der Waals surface area contributed by atoms with Gasteiger partial charge < -0.3 is 19.0 Å². The molecular weight excluding hydrogens is 406 g/mol. The molecule has 31 heavy (non-hydrogen) atoms. The van der Waals surface area contributed by atoms with Gasteiger partial charge in [0.15, 0.2) is 0 Å². The van der Waals surface area contributed by atoms with Gasteiger partial charge in [-0.05, 0) is 30.3 Å². The number of imidazole rings is 1. The first-order chi connectivity index (χ1) is 15.0. The molecule has 0 unspecified atom stereocenters. The summed E-state index contributed by atoms with van der Waals surface area (Å²) in [7, 11) is 0. The second kappa shape index (κ2) is 8.67. The van der Waals surface area contributed by atoms with E-state index in [0.717, 1.165) is 0 Å². The van der Waals surface area contributed by atoms with Crippen LogP contribution in [-0.4, -0.2) is 21.1 Å². The fraction of sp³-hybridized carbons (Fsp3) is 0.136. The van der Waals surface area contributed by atoms with Gasteiger partial charge in [-0.2, -0.15) is 14.0 Å². The van der Waals surface area contributed by atoms with Crippen molar-refractivity contribution in [2.45, 2.75) is 19.8 Å². The number of para-hydroxylation sites is 1. The number of alkyl halides is 2. The smallest absolute Gasteiger partial charge is 0.387 e. The molecule has 4 rings (SSSR count). The zero-order chi connectivity index (χ0) is 21.8. The van der Waals surface area contributed by atoms with Crippen LogP contribution in [0, 0.1) is 11.3 Å². The van der Waals surface area contributed by atoms with Crippen molar-refractivity contribution in [3.05, 3.63) is 88.1 Å². The Bertz CT molecular complexity index is 1300. The topological polar surface area (TPSA) is 92.9 Å². The Morgan fingerprint density at radius 2 is 2.00 bits per heavy atom. The van der Waals surface area contributed by atoms with E-state index in [1.54, 1.807) is 41.0 Å². The Balaban J connectivity index is 1.73. The monoisotopic (exact) mass is 422 g/mol. The van der Waals surface area contributed by atoms with Gasteiger partial charge >= 0.3 is 6.61 Å². The fourth-order valence-corrected chi connectivity index (χ4v) is 3.18. The molecular formula is C22H16F2N4O3. The number of nitriles is 1. The summed E-state index contributed by atoms with van der Waals surface area (Å²) in [5, 5.41) is 9.27. The second-order valence-electron chi connectivity index (χ2n) is 6.59. The fourth-order valence-electron chi connectivity index (χ4n) is 3.18. The van der Waals surface area contributed by atoms with Crippen molar-refractivity contribution in [1.29, 1.82) is 5.26 Å². The highest BCUT2D eigenvalue weighted by atomic mass is 19.3. The summed E-state index contributed by atoms with van der Waals surface area (Å²) in [4.78, 5) is 18.3. The number of rotatable bonds is 7. The quantitative estimate of drug-likeness (QED) is 0.489. The standard InChI is InChI=1S/C22H16F2N4O3/c23-22(24)31-19-4-2-1-3-15(19)12-28-18-9-14(10-25)5-7-17(18)27-20(28)13-30-16-6-8-21(29)26-11-16/h1-9,11,22H,12-13H2,(H,26,29). The lowest BCUT2D eigenvalue weighted by atomic mass is 10.2. The first-order valence-corrected chi connectivity index (χ1v) is 9.27. The highest BCUT2D eigenvalue weighted by Gasteiger charge is 2.16. The van der Waals surface area contributed by atoms with Crippen LogP contribution in [0.5, 0.6) is 11.5 Å². The number of H-pyrrole nitrogens is 1. The maximum Gasteiger partial charge on any atom is 0.387 e. The zero-order valence-corrected chi connectivity index (χ0v) is 16.1. The molecule has 7 nitrogen and oxygen atoms in total. The van der Waals surface area contributed by atoms with Gasteiger partial charge in [0.25, 0.3) is 0 Å². The number of fused-ring (bicyclic) bond motifs is 1. The van der Waals surface area contributed by atoms with E-state index in [2.05, 4.69) is 20.8 Å². The number of hydrogen-bond donors (Lipinski definition) is 1. The largest absolute Gasteiger partial charge is 0.484 e. The van der Waals surface area contributed by atoms with E-state index in [4.69, 9.17) is 4.74 Å². The van der Waals surface area contributed by atoms with Gasteiger partial charge in [-0.15, -0.1) is 0 Å². The maximum absolute atomic E-state index is 12.8. The minimum Gasteiger partial charge on any atom is -0.484 e. The molecule has 0 bridgehead atoms. The van der Waals surface area contributed by atoms with Crippen LogP contribution in [0.2, 0.25) is 0 Å². The van der Waals surface area contributed by atoms with Gasteiger partial charge in [-0.25, -0.2) is 4.98 Å². The van der Waals surface area contributed by atoms with Crippen LogP contribution < -0.4 is 15.0 Å². The molecule has 0 aliphatic rings. The van der Waals surface area contributed by atoms with Crippen LogP contribution >= 0.6 is 0 Å². The van der Waals surface area contributed by atoms with Crippen LogP contribution in [0.3, 0.4) is 0 Å². The van der Waals surface area contributed by atoms with Crippen molar-refractivity contribution in [2.75, 3.05) is 0 Å². The predicted molar refractivity (Wildman–Crippen MR) is 108 cm³/mol. The van der Waals surface area contributed by atoms with Gasteiger partial charge in [0, 0.05) is 17.8 Å². The van der Waals surface area contributed by atoms with Crippen LogP contribution in [0.15, 0.2) is 65.6 Å². The Morgan fingerprint density at radius 1 is 1.16 bits per heavy atom. The summed E-state index contributed by atoms with van der Waals surface area (Å²) in [6, 6.07) is 16.5. The van der Waals surface area contributed by atoms with Crippen molar-refractivity contribution < 1.29 is 18.3 Å². The number of aromatic nitrogens is 3. The SMILES string of the molecule is N#Cc1ccc2nc(COc3ccc(=O)[nH]c3)n(Cc3ccccc3OC(F)F)c2c1. The average Bonchev–Trinajstić information content (AvgIpc) is 3.11. The van der Waals surface area contributed by atoms with Crippen LogP contribution in [-0.2, 0) is 13.2 Å². The average molecular weight is 422 g/mol. The first kappa shape index (κ1) is 20.1. The van der Waals surface area contributed by atoms with E-state index in [1.165, 1.54) is 24.4 Å². The normalized spacial score (nSPS) is 10.9. The number of nitrogens with one attached hydrogen (secondary N) is 1. The number of nitrogens with zero attached hydrogens (tertiary/aromatic N) is 3. The Kier molecular flexibility index (Phi) is 5.62. The van der Waals surface area contributed by atoms with Crippen molar-refractivity contribution in [3.63, 3.8) is 0 Å². The van der Waals surface area contributed by atoms with E-state index < -0.39 is 6.61 Å². The number of halogens is 2. The molecule has 0 radical (unpaired) electrons. The predicted octanol–water partition coefficient (Wildman–Crippen LogP) is 3.82. The molecule has 9 heteroatoms. The Morgan fingerprint density at radius 3 is 2.74 bits per heavy atom. The second-order valence-corrected chi connectivity index (χ2v) is 6.59. The Labute approximate surface area is 175 Å². The molecule has 0 aliphatic carbocycles. The van der Waals surface area contributed by atoms with Crippen molar-refractivity contribution in [3.8, 4) is 17.6 Å². The van der Waals surface area contributed by atoms with E-state index in [0.29, 0.717) is 33.7 Å². The molecule has 2 aromatic heterocycles. The van der Waals surface area contributed by atoms with Gasteiger partial charge in [0.05, 0.1) is 29.2 Å². The number of benzene rings is 2. The van der Waals surface area contributed by atoms with Gasteiger partial charge in [-0.3, -0.25) is 4.79 Å². The van der Waals surface area contributed by atoms with Gasteiger partial charge in [0.2, 0.25) is 5.56 Å². The lowest BCUT2D eigenvalue weighted by molar-refractivity contribution is -0.0504. The minimum atomic E-state index is -2.95. The summed E-state index contributed by atoms with van der Waals surface area (Å²) in [5.74, 6) is 1.02. The van der Waals surface area contributed by atoms with E-state index in [1.807, 2.05) is 0 Å². The minimum absolute atomic E-state index is 0.0560. The van der Waals surface area contributed by atoms with Crippen molar-refractivity contribution in [1.82, 2.24) is 14.5 Å². The molecule has 0 atom stereocenters. The lowest BCUT2D eigenvalue weighted by Gasteiger charge is -2.14. The third kappa shape index (κ3) is 4.53. The molecule has 0 saturated carbocycles. The molecule has 0 spiro atoms. The number of hydrogen-bond acceptors (Lipinski definition) is 5. The summed E-state index contributed by atoms with van der Waals surface area (Å²) >= 11 is 0. The van der Waals surface area contributed by atoms with Crippen molar-refractivity contribution in [2.24, 2.45) is 0 Å². The third-order valence-electron chi connectivity index (χ3n) is 4.60. The number of aromatic amines is 1. The molecule has 156 valence electrons. The first-order valence-electron chi connectivity index (χ1n) is 9.27. The summed E-state index contributed by atoms with van der Waals surface area (Å²) in [5.41, 5.74) is 2.00. The maximum atomic E-state index is 12.8. The third-order valence-corrected chi connectivity index (χ3v) is 4.60. The molecule has 0 amide bonds. The molecule has 4 aromatic rings. The highest BCUT2D eigenvalue weighted by molar-refractivity contribution is 5.78. The molecule has 2 heterocycles. The van der Waals surface area contributed by atoms with Gasteiger partial charge in [0.1, 0.15) is 23.9 Å². The van der Waals surface area contributed by atoms with E-state index in [9.17, 15) is 18.8 Å². The number of pyridine rings is 1. The lowest BCUT2D eigenvalue weighted by Crippen LogP contribution is -2.11. The van der Waals surface area contributed by atoms with E-state index in [-0.39, 0.29) is 24.5 Å². The molecule has 0 fully saturated rings. The molecule has 0 aliphatic heterocycles. The molecule has 1 N–H and O–H groups in total. The highest BCUT2D eigenvalue weighted by Crippen LogP contribution is 2.26. The number of ether oxygens (including phenoxy) is 2. The summed E-state index contributed by atoms with van der Waals surface area (Å²) in [6.45, 7) is -2.71. The Hall–Kier alpha value is -4.19. The van der Waals surface area contributed by atoms with Crippen molar-refractivity contribution >= 4 is 11.0 Å². The van der Waals surface area contributed by atoms with Crippen LogP contribution in [0.25, 0.3) is 11.0 Å². The summed E-state index contributed by atoms with van der Waals surface area (Å²) in [6.07, 6.45) is 1.44. The van der Waals surface area contributed by atoms with E-state index >= 15 is 0 Å². The van der Waals surface area contributed by atoms with Gasteiger partial charge in [-0.1, -0.05) is 18.2 Å². The summed E-state index contributed by atoms with van der Waals surface area (Å²) < 4.78 is 37.8. The molecule has 2 aromatic carbocycles. The van der Waals surface area contributed by atoms with Crippen LogP contribution in [0.4, 0.5) is 8.78 Å².